The van der Waals surface area contributed by atoms with Crippen LogP contribution in [-0.4, -0.2) is 54.9 Å². The second-order valence-corrected chi connectivity index (χ2v) is 19.6. The maximum absolute atomic E-state index is 14.6. The molecular weight excluding hydrogens is 898 g/mol. The highest BCUT2D eigenvalue weighted by Crippen LogP contribution is 2.42. The molecule has 3 heterocycles. The molecule has 13 nitrogen and oxygen atoms in total. The Balaban J connectivity index is 1.03. The minimum absolute atomic E-state index is 0.0357. The number of aromatic nitrogens is 1. The number of methoxy groups -OCH3 is 1. The van der Waals surface area contributed by atoms with Crippen molar-refractivity contribution in [2.24, 2.45) is 0 Å². The van der Waals surface area contributed by atoms with Crippen LogP contribution in [0.25, 0.3) is 11.1 Å². The van der Waals surface area contributed by atoms with Gasteiger partial charge in [-0.3, -0.25) is 4.79 Å². The van der Waals surface area contributed by atoms with Crippen molar-refractivity contribution >= 4 is 61.6 Å². The number of rotatable bonds is 12. The highest BCUT2D eigenvalue weighted by atomic mass is 35.5. The lowest BCUT2D eigenvalue weighted by Crippen LogP contribution is -2.61. The molecule has 0 saturated carbocycles. The molecule has 0 radical (unpaired) electrons. The van der Waals surface area contributed by atoms with Gasteiger partial charge in [0.05, 0.1) is 34.5 Å². The number of hydrogen-bond donors (Lipinski definition) is 2. The predicted molar refractivity (Wildman–Crippen MR) is 243 cm³/mol. The zero-order valence-electron chi connectivity index (χ0n) is 34.8. The lowest BCUT2D eigenvalue weighted by molar-refractivity contribution is -0.150. The number of benzene rings is 5. The first-order valence-corrected chi connectivity index (χ1v) is 23.0. The van der Waals surface area contributed by atoms with Crippen LogP contribution < -0.4 is 25.3 Å². The van der Waals surface area contributed by atoms with E-state index in [0.29, 0.717) is 56.2 Å². The van der Waals surface area contributed by atoms with Gasteiger partial charge >= 0.3 is 5.97 Å². The Bertz CT molecular complexity index is 2910. The molecular formula is C47H41Cl2N5O8S2. The zero-order chi connectivity index (χ0) is 45.3. The molecule has 2 aliphatic rings. The number of nitrogens with one attached hydrogen (secondary N) is 1. The first kappa shape index (κ1) is 44.5. The third kappa shape index (κ3) is 9.24. The Morgan fingerprint density at radius 3 is 2.27 bits per heavy atom. The number of esters is 1. The third-order valence-corrected chi connectivity index (χ3v) is 15.3. The third-order valence-electron chi connectivity index (χ3n) is 11.2. The smallest absolute Gasteiger partial charge is 0.331 e. The van der Waals surface area contributed by atoms with Gasteiger partial charge in [0.2, 0.25) is 5.91 Å². The summed E-state index contributed by atoms with van der Waals surface area (Å²) in [6.07, 6.45) is -0.496. The molecule has 3 N–H and O–H groups in total. The van der Waals surface area contributed by atoms with E-state index in [1.807, 2.05) is 66.7 Å². The monoisotopic (exact) mass is 937 g/mol. The maximum Gasteiger partial charge on any atom is 0.331 e. The van der Waals surface area contributed by atoms with Crippen molar-refractivity contribution in [1.29, 1.82) is 5.26 Å². The fourth-order valence-electron chi connectivity index (χ4n) is 7.80. The van der Waals surface area contributed by atoms with Crippen molar-refractivity contribution in [1.82, 2.24) is 14.6 Å². The van der Waals surface area contributed by atoms with Crippen molar-refractivity contribution in [3.63, 3.8) is 0 Å². The van der Waals surface area contributed by atoms with E-state index in [1.54, 1.807) is 50.2 Å². The SMILES string of the molecule is COC(=O)[C@](C)(Cc1ccc(-c2ccc(C#N)cc2)cc1)NC(=O)C1Cc2cc3c(cc2CN1S(=O)(=O)c1sc(N)nc1C)O[C@@H](c1ccc(OCc2ccc(Cl)c(Cl)c2)cc1)CO3. The normalized spacial score (nSPS) is 16.8. The number of nitrogens with zero attached hydrogens (tertiary/aromatic N) is 3. The molecule has 0 fully saturated rings. The number of ether oxygens (including phenoxy) is 4. The van der Waals surface area contributed by atoms with Crippen LogP contribution in [0.5, 0.6) is 17.2 Å². The second kappa shape index (κ2) is 18.1. The molecule has 328 valence electrons. The van der Waals surface area contributed by atoms with Crippen LogP contribution in [0, 0.1) is 18.3 Å². The van der Waals surface area contributed by atoms with Crippen LogP contribution in [0.4, 0.5) is 5.13 Å². The van der Waals surface area contributed by atoms with Crippen molar-refractivity contribution in [2.45, 2.75) is 61.7 Å². The molecule has 1 aromatic heterocycles. The van der Waals surface area contributed by atoms with Gasteiger partial charge < -0.3 is 30.0 Å². The molecule has 0 aliphatic carbocycles. The number of hydrogen-bond acceptors (Lipinski definition) is 12. The molecule has 3 atom stereocenters. The Labute approximate surface area is 384 Å². The van der Waals surface area contributed by atoms with Crippen LogP contribution in [0.15, 0.2) is 107 Å². The number of amides is 1. The number of sulfonamides is 1. The number of nitrogens with two attached hydrogens (primary N) is 1. The molecule has 17 heteroatoms. The van der Waals surface area contributed by atoms with Gasteiger partial charge in [-0.25, -0.2) is 18.2 Å². The molecule has 1 unspecified atom stereocenters. The van der Waals surface area contributed by atoms with E-state index in [-0.39, 0.29) is 41.0 Å². The first-order chi connectivity index (χ1) is 30.6. The summed E-state index contributed by atoms with van der Waals surface area (Å²) >= 11 is 13.0. The summed E-state index contributed by atoms with van der Waals surface area (Å²) in [5.41, 5.74) is 10.6. The van der Waals surface area contributed by atoms with E-state index < -0.39 is 39.6 Å². The molecule has 1 amide bonds. The van der Waals surface area contributed by atoms with Crippen LogP contribution in [0.1, 0.15) is 52.1 Å². The van der Waals surface area contributed by atoms with E-state index in [2.05, 4.69) is 16.4 Å². The highest BCUT2D eigenvalue weighted by Gasteiger charge is 2.45. The molecule has 0 spiro atoms. The molecule has 8 rings (SSSR count). The van der Waals surface area contributed by atoms with E-state index in [9.17, 15) is 23.3 Å². The number of halogens is 2. The topological polar surface area (TPSA) is 183 Å². The highest BCUT2D eigenvalue weighted by molar-refractivity contribution is 7.91. The van der Waals surface area contributed by atoms with Gasteiger partial charge in [0, 0.05) is 13.0 Å². The van der Waals surface area contributed by atoms with Gasteiger partial charge in [-0.1, -0.05) is 89.1 Å². The Morgan fingerprint density at radius 1 is 0.953 bits per heavy atom. The second-order valence-electron chi connectivity index (χ2n) is 15.7. The zero-order valence-corrected chi connectivity index (χ0v) is 37.9. The number of carbonyl (C=O) groups is 2. The Morgan fingerprint density at radius 2 is 1.62 bits per heavy atom. The molecule has 2 aliphatic heterocycles. The number of nitrogen functional groups attached to an aromatic ring is 1. The molecule has 6 aromatic rings. The Hall–Kier alpha value is -6.15. The van der Waals surface area contributed by atoms with Crippen LogP contribution in [0.2, 0.25) is 10.0 Å². The quantitative estimate of drug-likeness (QED) is 0.112. The number of aryl methyl sites for hydroxylation is 1. The summed E-state index contributed by atoms with van der Waals surface area (Å²) in [7, 11) is -3.14. The number of anilines is 1. The average Bonchev–Trinajstić information content (AvgIpc) is 3.66. The lowest BCUT2D eigenvalue weighted by atomic mass is 9.90. The van der Waals surface area contributed by atoms with Gasteiger partial charge in [0.1, 0.15) is 30.5 Å². The molecule has 0 bridgehead atoms. The fraction of sp³-hybridized carbons (Fsp3) is 0.234. The minimum Gasteiger partial charge on any atom is -0.489 e. The summed E-state index contributed by atoms with van der Waals surface area (Å²) in [4.78, 5) is 32.2. The molecule has 64 heavy (non-hydrogen) atoms. The number of nitriles is 1. The van der Waals surface area contributed by atoms with Crippen LogP contribution >= 0.6 is 34.5 Å². The summed E-state index contributed by atoms with van der Waals surface area (Å²) in [6, 6.07) is 31.7. The summed E-state index contributed by atoms with van der Waals surface area (Å²) in [5.74, 6) is 0.0820. The standard InChI is InChI=1S/C47H41Cl2N5O8S2/c1-27-44(63-46(51)52-27)64(57,58)54-24-35-21-41-40(61-26-42(62-41)33-13-15-36(16-14-33)60-25-30-8-17-37(48)38(49)18-30)20-34(35)19-39(54)43(55)53-47(2,45(56)59-3)22-28-4-9-31(10-5-28)32-11-6-29(23-50)7-12-32/h4-18,20-21,39,42H,19,22,24-26H2,1-3H3,(H2,51,52)(H,53,55)/t39?,42-,47+/m1/s1. The van der Waals surface area contributed by atoms with E-state index in [0.717, 1.165) is 37.9 Å². The first-order valence-electron chi connectivity index (χ1n) is 20.0. The van der Waals surface area contributed by atoms with Gasteiger partial charge in [-0.2, -0.15) is 9.57 Å². The summed E-state index contributed by atoms with van der Waals surface area (Å²) in [6.45, 7) is 3.38. The number of fused-ring (bicyclic) bond motifs is 2. The Kier molecular flexibility index (Phi) is 12.6. The average molecular weight is 939 g/mol. The van der Waals surface area contributed by atoms with Crippen molar-refractivity contribution < 1.29 is 37.0 Å². The number of carbonyl (C=O) groups excluding carboxylic acids is 2. The lowest BCUT2D eigenvalue weighted by Gasteiger charge is -2.38. The van der Waals surface area contributed by atoms with Crippen molar-refractivity contribution in [3.05, 3.63) is 152 Å². The minimum atomic E-state index is -4.37. The molecule has 0 saturated heterocycles. The van der Waals surface area contributed by atoms with Crippen LogP contribution in [0.3, 0.4) is 0 Å². The van der Waals surface area contributed by atoms with Crippen LogP contribution in [-0.2, 0) is 50.3 Å². The predicted octanol–water partition coefficient (Wildman–Crippen LogP) is 8.38. The maximum atomic E-state index is 14.6. The van der Waals surface area contributed by atoms with E-state index in [1.165, 1.54) is 7.11 Å². The number of thiazole rings is 1. The van der Waals surface area contributed by atoms with Gasteiger partial charge in [0.15, 0.2) is 26.9 Å². The van der Waals surface area contributed by atoms with Gasteiger partial charge in [0.25, 0.3) is 10.0 Å². The van der Waals surface area contributed by atoms with Crippen molar-refractivity contribution in [2.75, 3.05) is 19.5 Å². The molecule has 5 aromatic carbocycles. The van der Waals surface area contributed by atoms with E-state index in [4.69, 9.17) is 47.9 Å². The summed E-state index contributed by atoms with van der Waals surface area (Å²) < 4.78 is 54.0. The van der Waals surface area contributed by atoms with Gasteiger partial charge in [-0.15, -0.1) is 0 Å². The van der Waals surface area contributed by atoms with Crippen molar-refractivity contribution in [3.8, 4) is 34.4 Å². The summed E-state index contributed by atoms with van der Waals surface area (Å²) in [5, 5.41) is 13.0. The van der Waals surface area contributed by atoms with Gasteiger partial charge in [-0.05, 0) is 108 Å². The largest absolute Gasteiger partial charge is 0.489 e. The fourth-order valence-corrected chi connectivity index (χ4v) is 11.1. The van der Waals surface area contributed by atoms with E-state index >= 15 is 0 Å².